The molecule has 0 saturated carbocycles. The number of para-hydroxylation sites is 1. The fraction of sp³-hybridized carbons (Fsp3) is 0.0556. The summed E-state index contributed by atoms with van der Waals surface area (Å²) >= 11 is 7.98. The standard InChI is InChI=1S/C18H12FN3OS3/c1-10-13-4-2-3-5-14(13)20-16(23)15(10)25-17-21-22(18(24)26-17)12-8-6-11(19)7-9-12/h2-9H,1H3,(H,20,23). The lowest BCUT2D eigenvalue weighted by Crippen LogP contribution is -2.10. The molecule has 0 aliphatic heterocycles. The molecule has 0 aliphatic carbocycles. The largest absolute Gasteiger partial charge is 0.321 e. The van der Waals surface area contributed by atoms with Crippen LogP contribution in [0.2, 0.25) is 0 Å². The number of aromatic amines is 1. The van der Waals surface area contributed by atoms with E-state index in [1.54, 1.807) is 16.8 Å². The molecule has 4 aromatic rings. The Morgan fingerprint density at radius 2 is 1.92 bits per heavy atom. The third kappa shape index (κ3) is 3.11. The molecule has 2 heterocycles. The number of aryl methyl sites for hydroxylation is 1. The van der Waals surface area contributed by atoms with Gasteiger partial charge in [-0.2, -0.15) is 0 Å². The number of rotatable bonds is 3. The first-order valence-corrected chi connectivity index (χ1v) is 9.72. The second-order valence-corrected chi connectivity index (χ2v) is 8.46. The Balaban J connectivity index is 1.76. The molecule has 4 rings (SSSR count). The molecule has 0 atom stereocenters. The zero-order valence-corrected chi connectivity index (χ0v) is 16.0. The second-order valence-electron chi connectivity index (χ2n) is 5.58. The molecule has 0 unspecified atom stereocenters. The molecule has 130 valence electrons. The second kappa shape index (κ2) is 6.79. The number of hydrogen-bond donors (Lipinski definition) is 1. The summed E-state index contributed by atoms with van der Waals surface area (Å²) in [4.78, 5) is 16.0. The quantitative estimate of drug-likeness (QED) is 0.485. The van der Waals surface area contributed by atoms with Crippen LogP contribution in [0.25, 0.3) is 16.6 Å². The molecule has 8 heteroatoms. The van der Waals surface area contributed by atoms with Gasteiger partial charge in [-0.25, -0.2) is 9.07 Å². The maximum atomic E-state index is 13.1. The van der Waals surface area contributed by atoms with E-state index in [1.807, 2.05) is 31.2 Å². The first-order valence-electron chi connectivity index (χ1n) is 7.68. The molecule has 0 radical (unpaired) electrons. The highest BCUT2D eigenvalue weighted by Crippen LogP contribution is 2.32. The van der Waals surface area contributed by atoms with Crippen LogP contribution >= 0.6 is 35.3 Å². The summed E-state index contributed by atoms with van der Waals surface area (Å²) in [5.41, 5.74) is 2.25. The van der Waals surface area contributed by atoms with Crippen LogP contribution in [0.3, 0.4) is 0 Å². The lowest BCUT2D eigenvalue weighted by Gasteiger charge is -2.06. The van der Waals surface area contributed by atoms with Crippen LogP contribution in [-0.4, -0.2) is 14.8 Å². The van der Waals surface area contributed by atoms with Gasteiger partial charge in [-0.05, 0) is 55.0 Å². The Morgan fingerprint density at radius 1 is 1.19 bits per heavy atom. The Hall–Kier alpha value is -2.29. The highest BCUT2D eigenvalue weighted by Gasteiger charge is 2.14. The number of nitrogens with zero attached hydrogens (tertiary/aromatic N) is 2. The molecule has 0 spiro atoms. The molecule has 2 aromatic heterocycles. The van der Waals surface area contributed by atoms with E-state index in [9.17, 15) is 9.18 Å². The number of nitrogens with one attached hydrogen (secondary N) is 1. The molecule has 0 aliphatic rings. The highest BCUT2D eigenvalue weighted by atomic mass is 32.2. The van der Waals surface area contributed by atoms with Crippen molar-refractivity contribution in [1.82, 2.24) is 14.8 Å². The van der Waals surface area contributed by atoms with Crippen LogP contribution < -0.4 is 5.56 Å². The van der Waals surface area contributed by atoms with Crippen molar-refractivity contribution in [3.05, 3.63) is 74.2 Å². The average Bonchev–Trinajstić information content (AvgIpc) is 3.00. The first-order chi connectivity index (χ1) is 12.5. The van der Waals surface area contributed by atoms with Gasteiger partial charge in [0.15, 0.2) is 8.29 Å². The highest BCUT2D eigenvalue weighted by molar-refractivity contribution is 8.01. The fourth-order valence-corrected chi connectivity index (χ4v) is 5.05. The van der Waals surface area contributed by atoms with Gasteiger partial charge in [-0.1, -0.05) is 41.3 Å². The predicted molar refractivity (Wildman–Crippen MR) is 106 cm³/mol. The molecule has 0 amide bonds. The van der Waals surface area contributed by atoms with Crippen molar-refractivity contribution in [1.29, 1.82) is 0 Å². The van der Waals surface area contributed by atoms with E-state index in [1.165, 1.54) is 35.2 Å². The maximum absolute atomic E-state index is 13.1. The van der Waals surface area contributed by atoms with E-state index < -0.39 is 0 Å². The fourth-order valence-electron chi connectivity index (χ4n) is 2.65. The summed E-state index contributed by atoms with van der Waals surface area (Å²) in [6.45, 7) is 1.93. The molecular weight excluding hydrogens is 389 g/mol. The van der Waals surface area contributed by atoms with E-state index >= 15 is 0 Å². The summed E-state index contributed by atoms with van der Waals surface area (Å²) < 4.78 is 15.9. The van der Waals surface area contributed by atoms with Crippen molar-refractivity contribution in [3.8, 4) is 5.69 Å². The van der Waals surface area contributed by atoms with Crippen molar-refractivity contribution in [2.24, 2.45) is 0 Å². The lowest BCUT2D eigenvalue weighted by atomic mass is 10.1. The van der Waals surface area contributed by atoms with Gasteiger partial charge in [-0.3, -0.25) is 4.79 Å². The average molecular weight is 402 g/mol. The monoisotopic (exact) mass is 401 g/mol. The van der Waals surface area contributed by atoms with Crippen LogP contribution in [0.5, 0.6) is 0 Å². The Bertz CT molecular complexity index is 1230. The number of aromatic nitrogens is 3. The minimum atomic E-state index is -0.316. The number of H-pyrrole nitrogens is 1. The number of hydrogen-bond acceptors (Lipinski definition) is 5. The molecule has 0 bridgehead atoms. The molecule has 0 fully saturated rings. The van der Waals surface area contributed by atoms with Gasteiger partial charge < -0.3 is 4.98 Å². The van der Waals surface area contributed by atoms with Crippen LogP contribution in [-0.2, 0) is 0 Å². The van der Waals surface area contributed by atoms with Crippen LogP contribution in [0.4, 0.5) is 4.39 Å². The van der Waals surface area contributed by atoms with Gasteiger partial charge in [0.1, 0.15) is 5.82 Å². The van der Waals surface area contributed by atoms with Gasteiger partial charge >= 0.3 is 0 Å². The molecule has 4 nitrogen and oxygen atoms in total. The summed E-state index contributed by atoms with van der Waals surface area (Å²) in [6, 6.07) is 13.6. The van der Waals surface area contributed by atoms with Crippen molar-refractivity contribution in [2.75, 3.05) is 0 Å². The minimum absolute atomic E-state index is 0.152. The van der Waals surface area contributed by atoms with E-state index in [4.69, 9.17) is 12.2 Å². The Labute approximate surface area is 161 Å². The van der Waals surface area contributed by atoms with Crippen molar-refractivity contribution < 1.29 is 4.39 Å². The van der Waals surface area contributed by atoms with E-state index in [-0.39, 0.29) is 11.4 Å². The van der Waals surface area contributed by atoms with Gasteiger partial charge in [0, 0.05) is 10.9 Å². The molecule has 1 N–H and O–H groups in total. The smallest absolute Gasteiger partial charge is 0.262 e. The van der Waals surface area contributed by atoms with Crippen LogP contribution in [0.15, 0.2) is 62.6 Å². The lowest BCUT2D eigenvalue weighted by molar-refractivity contribution is 0.627. The normalized spacial score (nSPS) is 11.2. The molecule has 26 heavy (non-hydrogen) atoms. The SMILES string of the molecule is Cc1c(Sc2nn(-c3ccc(F)cc3)c(=S)s2)c(=O)[nH]c2ccccc12. The molecule has 2 aromatic carbocycles. The predicted octanol–water partition coefficient (Wildman–Crippen LogP) is 5.10. The zero-order valence-electron chi connectivity index (χ0n) is 13.5. The summed E-state index contributed by atoms with van der Waals surface area (Å²) in [6.07, 6.45) is 0. The first kappa shape index (κ1) is 17.1. The number of halogens is 1. The third-order valence-electron chi connectivity index (χ3n) is 3.92. The maximum Gasteiger partial charge on any atom is 0.262 e. The van der Waals surface area contributed by atoms with Crippen molar-refractivity contribution >= 4 is 46.2 Å². The Kier molecular flexibility index (Phi) is 4.47. The van der Waals surface area contributed by atoms with Gasteiger partial charge in [0.05, 0.1) is 10.6 Å². The van der Waals surface area contributed by atoms with Gasteiger partial charge in [-0.15, -0.1) is 5.10 Å². The van der Waals surface area contributed by atoms with Gasteiger partial charge in [0.25, 0.3) is 5.56 Å². The minimum Gasteiger partial charge on any atom is -0.321 e. The van der Waals surface area contributed by atoms with E-state index in [0.717, 1.165) is 16.5 Å². The van der Waals surface area contributed by atoms with E-state index in [0.29, 0.717) is 18.9 Å². The molecule has 0 saturated heterocycles. The van der Waals surface area contributed by atoms with Crippen LogP contribution in [0.1, 0.15) is 5.56 Å². The zero-order chi connectivity index (χ0) is 18.3. The number of pyridine rings is 1. The van der Waals surface area contributed by atoms with Crippen LogP contribution in [0, 0.1) is 16.7 Å². The Morgan fingerprint density at radius 3 is 2.69 bits per heavy atom. The number of benzene rings is 2. The van der Waals surface area contributed by atoms with Crippen molar-refractivity contribution in [3.63, 3.8) is 0 Å². The van der Waals surface area contributed by atoms with E-state index in [2.05, 4.69) is 10.1 Å². The molecular formula is C18H12FN3OS3. The summed E-state index contributed by atoms with van der Waals surface area (Å²) in [7, 11) is 0. The topological polar surface area (TPSA) is 50.7 Å². The number of fused-ring (bicyclic) bond motifs is 1. The van der Waals surface area contributed by atoms with Gasteiger partial charge in [0.2, 0.25) is 0 Å². The third-order valence-corrected chi connectivity index (χ3v) is 6.39. The van der Waals surface area contributed by atoms with Crippen molar-refractivity contribution in [2.45, 2.75) is 16.2 Å². The summed E-state index contributed by atoms with van der Waals surface area (Å²) in [5, 5.41) is 5.48. The summed E-state index contributed by atoms with van der Waals surface area (Å²) in [5.74, 6) is -0.316.